The fraction of sp³-hybridized carbons (Fsp3) is 0.500. The Morgan fingerprint density at radius 1 is 1.06 bits per heavy atom. The molecule has 0 radical (unpaired) electrons. The lowest BCUT2D eigenvalue weighted by molar-refractivity contribution is -0.207. The van der Waals surface area contributed by atoms with Crippen molar-refractivity contribution in [3.8, 4) is 12.3 Å². The molecule has 0 aromatic carbocycles. The summed E-state index contributed by atoms with van der Waals surface area (Å²) in [5, 5.41) is 0. The molecular formula is C20H22N2O11. The lowest BCUT2D eigenvalue weighted by Gasteiger charge is -2.40. The molecule has 1 N–H and O–H groups in total. The molecule has 1 aliphatic rings. The first-order valence-corrected chi connectivity index (χ1v) is 9.48. The fourth-order valence-corrected chi connectivity index (χ4v) is 3.37. The first-order valence-electron chi connectivity index (χ1n) is 9.48. The van der Waals surface area contributed by atoms with Crippen molar-refractivity contribution in [1.82, 2.24) is 9.55 Å². The van der Waals surface area contributed by atoms with Crippen LogP contribution in [0.4, 0.5) is 0 Å². The van der Waals surface area contributed by atoms with Crippen LogP contribution in [0, 0.1) is 12.3 Å². The second-order valence-electron chi connectivity index (χ2n) is 7.08. The van der Waals surface area contributed by atoms with Gasteiger partial charge in [-0.15, -0.1) is 6.42 Å². The number of ether oxygens (including phenoxy) is 5. The molecule has 1 fully saturated rings. The maximum absolute atomic E-state index is 12.5. The smallest absolute Gasteiger partial charge is 0.330 e. The zero-order chi connectivity index (χ0) is 25.0. The third-order valence-corrected chi connectivity index (χ3v) is 4.64. The number of carbonyl (C=O) groups excluding carboxylic acids is 4. The molecule has 1 aromatic rings. The van der Waals surface area contributed by atoms with Gasteiger partial charge < -0.3 is 23.7 Å². The van der Waals surface area contributed by atoms with Crippen molar-refractivity contribution < 1.29 is 42.9 Å². The largest absolute Gasteiger partial charge is 0.462 e. The molecule has 1 aromatic heterocycles. The third-order valence-electron chi connectivity index (χ3n) is 4.64. The van der Waals surface area contributed by atoms with E-state index in [0.717, 1.165) is 44.5 Å². The summed E-state index contributed by atoms with van der Waals surface area (Å²) in [5.74, 6) is -1.20. The molecule has 0 unspecified atom stereocenters. The standard InChI is InChI=1S/C20H22N2O11/c1-6-20(32-14(5)26)16(31-13(4)25)17(22-8-7-15(27)21-18(22)28)33-19(20,9-29-11(2)23)10-30-12(3)24/h1,7-8,16-17H,9-10H2,2-5H3,(H,21,27,28)/t16-,17+,20-/m0/s1. The molecule has 1 saturated heterocycles. The molecule has 0 saturated carbocycles. The summed E-state index contributed by atoms with van der Waals surface area (Å²) >= 11 is 0. The summed E-state index contributed by atoms with van der Waals surface area (Å²) in [4.78, 5) is 73.2. The van der Waals surface area contributed by atoms with Crippen LogP contribution < -0.4 is 11.2 Å². The van der Waals surface area contributed by atoms with Gasteiger partial charge in [0.05, 0.1) is 0 Å². The highest BCUT2D eigenvalue weighted by atomic mass is 16.7. The highest BCUT2D eigenvalue weighted by Gasteiger charge is 2.72. The van der Waals surface area contributed by atoms with Crippen molar-refractivity contribution in [3.63, 3.8) is 0 Å². The molecule has 2 rings (SSSR count). The maximum atomic E-state index is 12.5. The number of rotatable bonds is 7. The average Bonchev–Trinajstić information content (AvgIpc) is 2.94. The number of aromatic amines is 1. The van der Waals surface area contributed by atoms with Crippen LogP contribution in [0.2, 0.25) is 0 Å². The first kappa shape index (κ1) is 25.3. The highest BCUT2D eigenvalue weighted by Crippen LogP contribution is 2.49. The molecular weight excluding hydrogens is 444 g/mol. The Balaban J connectivity index is 2.83. The summed E-state index contributed by atoms with van der Waals surface area (Å²) in [7, 11) is 0. The number of hydrogen-bond acceptors (Lipinski definition) is 11. The minimum Gasteiger partial charge on any atom is -0.462 e. The zero-order valence-electron chi connectivity index (χ0n) is 18.2. The molecule has 0 bridgehead atoms. The van der Waals surface area contributed by atoms with Crippen LogP contribution in [0.3, 0.4) is 0 Å². The van der Waals surface area contributed by atoms with Gasteiger partial charge >= 0.3 is 29.6 Å². The Bertz CT molecular complexity index is 1090. The number of aromatic nitrogens is 2. The van der Waals surface area contributed by atoms with Gasteiger partial charge in [0.15, 0.2) is 11.8 Å². The van der Waals surface area contributed by atoms with Crippen molar-refractivity contribution in [3.05, 3.63) is 33.1 Å². The summed E-state index contributed by atoms with van der Waals surface area (Å²) in [6.07, 6.45) is 3.49. The number of H-pyrrole nitrogens is 1. The zero-order valence-corrected chi connectivity index (χ0v) is 18.2. The van der Waals surface area contributed by atoms with E-state index in [2.05, 4.69) is 5.92 Å². The topological polar surface area (TPSA) is 169 Å². The maximum Gasteiger partial charge on any atom is 0.330 e. The van der Waals surface area contributed by atoms with E-state index >= 15 is 0 Å². The summed E-state index contributed by atoms with van der Waals surface area (Å²) < 4.78 is 27.6. The van der Waals surface area contributed by atoms with Gasteiger partial charge in [0.25, 0.3) is 5.56 Å². The number of terminal acetylenes is 1. The van der Waals surface area contributed by atoms with Gasteiger partial charge in [0, 0.05) is 40.0 Å². The van der Waals surface area contributed by atoms with Crippen molar-refractivity contribution in [2.75, 3.05) is 13.2 Å². The van der Waals surface area contributed by atoms with E-state index in [1.807, 2.05) is 4.98 Å². The average molecular weight is 466 g/mol. The monoisotopic (exact) mass is 466 g/mol. The normalized spacial score (nSPS) is 23.1. The summed E-state index contributed by atoms with van der Waals surface area (Å²) in [6, 6.07) is 0.983. The van der Waals surface area contributed by atoms with Crippen LogP contribution in [0.5, 0.6) is 0 Å². The van der Waals surface area contributed by atoms with E-state index in [0.29, 0.717) is 0 Å². The predicted molar refractivity (Wildman–Crippen MR) is 106 cm³/mol. The molecule has 0 spiro atoms. The lowest BCUT2D eigenvalue weighted by Crippen LogP contribution is -2.63. The molecule has 178 valence electrons. The van der Waals surface area contributed by atoms with E-state index in [9.17, 15) is 28.8 Å². The minimum absolute atomic E-state index is 0.723. The minimum atomic E-state index is -2.34. The van der Waals surface area contributed by atoms with Gasteiger partial charge in [-0.25, -0.2) is 4.79 Å². The Morgan fingerprint density at radius 2 is 1.64 bits per heavy atom. The number of esters is 4. The number of hydrogen-bond donors (Lipinski definition) is 1. The Hall–Kier alpha value is -3.92. The van der Waals surface area contributed by atoms with Gasteiger partial charge in [-0.1, -0.05) is 5.92 Å². The number of nitrogens with one attached hydrogen (secondary N) is 1. The highest BCUT2D eigenvalue weighted by molar-refractivity contribution is 5.70. The van der Waals surface area contributed by atoms with Crippen LogP contribution in [-0.2, 0) is 42.9 Å². The first-order chi connectivity index (χ1) is 15.4. The molecule has 13 nitrogen and oxygen atoms in total. The van der Waals surface area contributed by atoms with Crippen molar-refractivity contribution >= 4 is 23.9 Å². The summed E-state index contributed by atoms with van der Waals surface area (Å²) in [5.41, 5.74) is -6.16. The van der Waals surface area contributed by atoms with E-state index in [1.165, 1.54) is 0 Å². The van der Waals surface area contributed by atoms with E-state index in [1.54, 1.807) is 0 Å². The SMILES string of the molecule is C#C[C@]1(OC(C)=O)[C@@H](OC(C)=O)[C@H](n2ccc(=O)[nH]c2=O)OC1(COC(C)=O)COC(C)=O. The Kier molecular flexibility index (Phi) is 7.45. The van der Waals surface area contributed by atoms with Crippen molar-refractivity contribution in [2.45, 2.75) is 51.2 Å². The molecule has 3 atom stereocenters. The predicted octanol–water partition coefficient (Wildman–Crippen LogP) is -1.20. The van der Waals surface area contributed by atoms with Gasteiger partial charge in [-0.2, -0.15) is 0 Å². The molecule has 0 aliphatic carbocycles. The third kappa shape index (κ3) is 5.12. The van der Waals surface area contributed by atoms with E-state index < -0.39 is 71.9 Å². The molecule has 13 heteroatoms. The van der Waals surface area contributed by atoms with Crippen LogP contribution in [-0.4, -0.2) is 63.9 Å². The lowest BCUT2D eigenvalue weighted by atomic mass is 9.81. The van der Waals surface area contributed by atoms with E-state index in [4.69, 9.17) is 30.1 Å². The molecule has 1 aliphatic heterocycles. The van der Waals surface area contributed by atoms with Gasteiger partial charge in [-0.3, -0.25) is 33.5 Å². The second kappa shape index (κ2) is 9.70. The Morgan fingerprint density at radius 3 is 2.06 bits per heavy atom. The van der Waals surface area contributed by atoms with Crippen LogP contribution in [0.15, 0.2) is 21.9 Å². The van der Waals surface area contributed by atoms with Crippen LogP contribution >= 0.6 is 0 Å². The van der Waals surface area contributed by atoms with E-state index in [-0.39, 0.29) is 0 Å². The van der Waals surface area contributed by atoms with Gasteiger partial charge in [0.2, 0.25) is 11.7 Å². The van der Waals surface area contributed by atoms with Crippen molar-refractivity contribution in [2.24, 2.45) is 0 Å². The number of carbonyl (C=O) groups is 4. The van der Waals surface area contributed by atoms with Crippen LogP contribution in [0.25, 0.3) is 0 Å². The molecule has 0 amide bonds. The summed E-state index contributed by atoms with van der Waals surface area (Å²) in [6.45, 7) is 2.74. The second-order valence-corrected chi connectivity index (χ2v) is 7.08. The Labute approximate surface area is 186 Å². The molecule has 2 heterocycles. The van der Waals surface area contributed by atoms with Gasteiger partial charge in [-0.05, 0) is 0 Å². The van der Waals surface area contributed by atoms with Gasteiger partial charge in [0.1, 0.15) is 13.2 Å². The van der Waals surface area contributed by atoms with Crippen molar-refractivity contribution in [1.29, 1.82) is 0 Å². The molecule has 33 heavy (non-hydrogen) atoms. The van der Waals surface area contributed by atoms with Crippen LogP contribution in [0.1, 0.15) is 33.9 Å². The quantitative estimate of drug-likeness (QED) is 0.291. The fourth-order valence-electron chi connectivity index (χ4n) is 3.37. The number of nitrogens with zero attached hydrogens (tertiary/aromatic N) is 1.